The number of rotatable bonds is 5. The molecule has 2 heterocycles. The molecular weight excluding hydrogens is 404 g/mol. The molecule has 1 aromatic heterocycles. The fraction of sp³-hybridized carbons (Fsp3) is 0.400. The molecule has 0 spiro atoms. The van der Waals surface area contributed by atoms with Crippen LogP contribution in [0, 0.1) is 0 Å². The predicted octanol–water partition coefficient (Wildman–Crippen LogP) is 5.02. The summed E-state index contributed by atoms with van der Waals surface area (Å²) in [6, 6.07) is 14.9. The Hall–Kier alpha value is -3.19. The molecule has 0 radical (unpaired) electrons. The number of ether oxygens (including phenoxy) is 2. The minimum atomic E-state index is -0.449. The summed E-state index contributed by atoms with van der Waals surface area (Å²) in [4.78, 5) is 14.3. The van der Waals surface area contributed by atoms with Crippen LogP contribution in [-0.4, -0.2) is 43.1 Å². The van der Waals surface area contributed by atoms with E-state index in [1.54, 1.807) is 0 Å². The van der Waals surface area contributed by atoms with Gasteiger partial charge in [-0.05, 0) is 57.0 Å². The summed E-state index contributed by atoms with van der Waals surface area (Å²) in [5, 5.41) is 3.86. The Bertz CT molecular complexity index is 1130. The van der Waals surface area contributed by atoms with Gasteiger partial charge < -0.3 is 24.7 Å². The summed E-state index contributed by atoms with van der Waals surface area (Å²) in [7, 11) is 0. The number of anilines is 3. The zero-order chi connectivity index (χ0) is 22.2. The molecule has 1 saturated heterocycles. The summed E-state index contributed by atoms with van der Waals surface area (Å²) in [6.07, 6.45) is 1.72. The highest BCUT2D eigenvalue weighted by atomic mass is 16.6. The lowest BCUT2D eigenvalue weighted by Crippen LogP contribution is -2.36. The van der Waals surface area contributed by atoms with E-state index in [9.17, 15) is 4.79 Å². The smallest absolute Gasteiger partial charge is 0.411 e. The summed E-state index contributed by atoms with van der Waals surface area (Å²) in [6.45, 7) is 7.00. The number of carbonyl (C=O) groups is 1. The number of carbonyl (C=O) groups excluding carboxylic acids is 1. The first-order valence-corrected chi connectivity index (χ1v) is 11.4. The van der Waals surface area contributed by atoms with Gasteiger partial charge in [0.25, 0.3) is 0 Å². The van der Waals surface area contributed by atoms with Crippen molar-refractivity contribution in [2.75, 3.05) is 42.3 Å². The minimum absolute atomic E-state index is 0.161. The maximum absolute atomic E-state index is 11.9. The predicted molar refractivity (Wildman–Crippen MR) is 128 cm³/mol. The molecule has 3 aromatic rings. The van der Waals surface area contributed by atoms with Gasteiger partial charge >= 0.3 is 6.09 Å². The lowest BCUT2D eigenvalue weighted by atomic mass is 10.1. The normalized spacial score (nSPS) is 16.5. The second kappa shape index (κ2) is 8.39. The number of hydrogen-bond acceptors (Lipinski definition) is 5. The standard InChI is InChI=1S/C25H30N4O3/c1-16(2)32-25(30)27-18-5-3-17(4-6-18)24-23(26)21-10-9-20(28-11-13-31-14-12-28)15-22(21)29(24)19-7-8-19/h3-6,9-10,15-16,19H,7-8,11-14,26H2,1-2H3,(H,27,30). The van der Waals surface area contributed by atoms with Crippen molar-refractivity contribution < 1.29 is 14.3 Å². The monoisotopic (exact) mass is 434 g/mol. The molecule has 5 rings (SSSR count). The molecular formula is C25H30N4O3. The van der Waals surface area contributed by atoms with Gasteiger partial charge in [-0.25, -0.2) is 4.79 Å². The van der Waals surface area contributed by atoms with Crippen LogP contribution in [0.1, 0.15) is 32.7 Å². The Morgan fingerprint density at radius 3 is 2.50 bits per heavy atom. The summed E-state index contributed by atoms with van der Waals surface area (Å²) >= 11 is 0. The van der Waals surface area contributed by atoms with Gasteiger partial charge in [0.2, 0.25) is 0 Å². The van der Waals surface area contributed by atoms with Crippen LogP contribution in [0.15, 0.2) is 42.5 Å². The highest BCUT2D eigenvalue weighted by Gasteiger charge is 2.30. The first kappa shape index (κ1) is 20.7. The van der Waals surface area contributed by atoms with Crippen LogP contribution in [-0.2, 0) is 9.47 Å². The van der Waals surface area contributed by atoms with Crippen molar-refractivity contribution in [2.24, 2.45) is 0 Å². The van der Waals surface area contributed by atoms with Crippen molar-refractivity contribution in [3.05, 3.63) is 42.5 Å². The van der Waals surface area contributed by atoms with E-state index in [2.05, 4.69) is 33.0 Å². The molecule has 0 bridgehead atoms. The van der Waals surface area contributed by atoms with E-state index in [1.807, 2.05) is 38.1 Å². The fourth-order valence-electron chi connectivity index (χ4n) is 4.42. The summed E-state index contributed by atoms with van der Waals surface area (Å²) in [5.41, 5.74) is 12.7. The fourth-order valence-corrected chi connectivity index (χ4v) is 4.42. The minimum Gasteiger partial charge on any atom is -0.447 e. The lowest BCUT2D eigenvalue weighted by Gasteiger charge is -2.29. The van der Waals surface area contributed by atoms with Gasteiger partial charge in [-0.1, -0.05) is 12.1 Å². The van der Waals surface area contributed by atoms with Crippen LogP contribution in [0.2, 0.25) is 0 Å². The molecule has 2 aliphatic rings. The number of amides is 1. The van der Waals surface area contributed by atoms with Gasteiger partial charge in [0.05, 0.1) is 36.2 Å². The van der Waals surface area contributed by atoms with Crippen LogP contribution >= 0.6 is 0 Å². The maximum Gasteiger partial charge on any atom is 0.411 e. The van der Waals surface area contributed by atoms with Crippen molar-refractivity contribution in [1.82, 2.24) is 4.57 Å². The zero-order valence-corrected chi connectivity index (χ0v) is 18.6. The number of nitrogens with zero attached hydrogens (tertiary/aromatic N) is 2. The largest absolute Gasteiger partial charge is 0.447 e. The average molecular weight is 435 g/mol. The Morgan fingerprint density at radius 1 is 1.12 bits per heavy atom. The number of nitrogen functional groups attached to an aromatic ring is 1. The van der Waals surface area contributed by atoms with Gasteiger partial charge in [0, 0.05) is 41.5 Å². The quantitative estimate of drug-likeness (QED) is 0.589. The molecule has 7 heteroatoms. The third-order valence-corrected chi connectivity index (χ3v) is 6.06. The number of nitrogens with two attached hydrogens (primary N) is 1. The van der Waals surface area contributed by atoms with Gasteiger partial charge in [-0.3, -0.25) is 5.32 Å². The molecule has 32 heavy (non-hydrogen) atoms. The highest BCUT2D eigenvalue weighted by molar-refractivity contribution is 6.02. The number of morpholine rings is 1. The molecule has 0 atom stereocenters. The van der Waals surface area contributed by atoms with E-state index in [1.165, 1.54) is 24.0 Å². The molecule has 1 amide bonds. The van der Waals surface area contributed by atoms with E-state index in [0.29, 0.717) is 11.7 Å². The van der Waals surface area contributed by atoms with Crippen molar-refractivity contribution in [3.8, 4) is 11.3 Å². The van der Waals surface area contributed by atoms with Gasteiger partial charge in [-0.2, -0.15) is 0 Å². The maximum atomic E-state index is 11.9. The Balaban J connectivity index is 1.50. The number of nitrogens with one attached hydrogen (secondary N) is 1. The van der Waals surface area contributed by atoms with E-state index in [0.717, 1.165) is 48.6 Å². The van der Waals surface area contributed by atoms with Crippen molar-refractivity contribution >= 4 is 34.1 Å². The van der Waals surface area contributed by atoms with Crippen molar-refractivity contribution in [1.29, 1.82) is 0 Å². The first-order valence-electron chi connectivity index (χ1n) is 11.4. The van der Waals surface area contributed by atoms with Crippen LogP contribution in [0.5, 0.6) is 0 Å². The number of hydrogen-bond donors (Lipinski definition) is 2. The second-order valence-electron chi connectivity index (χ2n) is 8.82. The molecule has 1 saturated carbocycles. The number of benzene rings is 2. The Kier molecular flexibility index (Phi) is 5.43. The van der Waals surface area contributed by atoms with Gasteiger partial charge in [-0.15, -0.1) is 0 Å². The highest BCUT2D eigenvalue weighted by Crippen LogP contribution is 2.46. The molecule has 0 unspecified atom stereocenters. The van der Waals surface area contributed by atoms with Crippen LogP contribution in [0.3, 0.4) is 0 Å². The molecule has 1 aliphatic carbocycles. The zero-order valence-electron chi connectivity index (χ0n) is 18.6. The van der Waals surface area contributed by atoms with Crippen LogP contribution in [0.4, 0.5) is 21.9 Å². The lowest BCUT2D eigenvalue weighted by molar-refractivity contribution is 0.122. The summed E-state index contributed by atoms with van der Waals surface area (Å²) in [5.74, 6) is 0. The average Bonchev–Trinajstić information content (AvgIpc) is 3.58. The SMILES string of the molecule is CC(C)OC(=O)Nc1ccc(-c2c(N)c3ccc(N4CCOCC4)cc3n2C2CC2)cc1. The Labute approximate surface area is 188 Å². The first-order chi connectivity index (χ1) is 15.5. The van der Waals surface area contributed by atoms with Gasteiger partial charge in [0.1, 0.15) is 0 Å². The summed E-state index contributed by atoms with van der Waals surface area (Å²) < 4.78 is 13.1. The molecule has 7 nitrogen and oxygen atoms in total. The molecule has 1 aliphatic heterocycles. The van der Waals surface area contributed by atoms with Crippen molar-refractivity contribution in [3.63, 3.8) is 0 Å². The molecule has 3 N–H and O–H groups in total. The van der Waals surface area contributed by atoms with E-state index >= 15 is 0 Å². The number of fused-ring (bicyclic) bond motifs is 1. The van der Waals surface area contributed by atoms with Gasteiger partial charge in [0.15, 0.2) is 0 Å². The van der Waals surface area contributed by atoms with E-state index < -0.39 is 6.09 Å². The van der Waals surface area contributed by atoms with Crippen molar-refractivity contribution in [2.45, 2.75) is 38.8 Å². The second-order valence-corrected chi connectivity index (χ2v) is 8.82. The van der Waals surface area contributed by atoms with E-state index in [-0.39, 0.29) is 6.10 Å². The van der Waals surface area contributed by atoms with E-state index in [4.69, 9.17) is 15.2 Å². The molecule has 2 aromatic carbocycles. The topological polar surface area (TPSA) is 81.8 Å². The third kappa shape index (κ3) is 4.00. The number of aromatic nitrogens is 1. The Morgan fingerprint density at radius 2 is 1.84 bits per heavy atom. The molecule has 168 valence electrons. The molecule has 2 fully saturated rings. The van der Waals surface area contributed by atoms with Crippen LogP contribution < -0.4 is 16.0 Å². The third-order valence-electron chi connectivity index (χ3n) is 6.06. The van der Waals surface area contributed by atoms with Crippen LogP contribution in [0.25, 0.3) is 22.2 Å².